The quantitative estimate of drug-likeness (QED) is 0.876. The Bertz CT molecular complexity index is 475. The Morgan fingerprint density at radius 1 is 1.25 bits per heavy atom. The van der Waals surface area contributed by atoms with E-state index < -0.39 is 12.1 Å². The fourth-order valence-electron chi connectivity index (χ4n) is 2.45. The summed E-state index contributed by atoms with van der Waals surface area (Å²) in [4.78, 5) is 26.4. The standard InChI is InChI=1S/C15H20N2O3/c1-3-12-15(19)17(9-10-20-2)13(14(18)16-12)11-7-5-4-6-8-11/h4-8,12-13H,3,9-10H2,1-2H3,(H,16,18). The number of amides is 2. The number of carbonyl (C=O) groups excluding carboxylic acids is 2. The van der Waals surface area contributed by atoms with E-state index in [1.165, 1.54) is 0 Å². The Morgan fingerprint density at radius 2 is 1.95 bits per heavy atom. The Kier molecular flexibility index (Phi) is 4.74. The van der Waals surface area contributed by atoms with Gasteiger partial charge in [-0.2, -0.15) is 0 Å². The molecule has 5 nitrogen and oxygen atoms in total. The summed E-state index contributed by atoms with van der Waals surface area (Å²) in [5, 5.41) is 2.80. The first-order valence-electron chi connectivity index (χ1n) is 6.83. The lowest BCUT2D eigenvalue weighted by Crippen LogP contribution is -2.59. The van der Waals surface area contributed by atoms with Gasteiger partial charge in [-0.1, -0.05) is 37.3 Å². The van der Waals surface area contributed by atoms with E-state index in [1.54, 1.807) is 12.0 Å². The van der Waals surface area contributed by atoms with Crippen molar-refractivity contribution >= 4 is 11.8 Å². The molecule has 1 aliphatic rings. The lowest BCUT2D eigenvalue weighted by Gasteiger charge is -2.38. The zero-order chi connectivity index (χ0) is 14.5. The average molecular weight is 276 g/mol. The molecule has 0 radical (unpaired) electrons. The van der Waals surface area contributed by atoms with Crippen LogP contribution in [0.1, 0.15) is 24.9 Å². The molecule has 5 heteroatoms. The largest absolute Gasteiger partial charge is 0.383 e. The van der Waals surface area contributed by atoms with E-state index in [-0.39, 0.29) is 11.8 Å². The van der Waals surface area contributed by atoms with E-state index >= 15 is 0 Å². The molecule has 0 spiro atoms. The van der Waals surface area contributed by atoms with Crippen LogP contribution in [0.15, 0.2) is 30.3 Å². The number of hydrogen-bond acceptors (Lipinski definition) is 3. The summed E-state index contributed by atoms with van der Waals surface area (Å²) in [5.74, 6) is -0.170. The second-order valence-corrected chi connectivity index (χ2v) is 4.81. The first-order chi connectivity index (χ1) is 9.69. The van der Waals surface area contributed by atoms with E-state index in [2.05, 4.69) is 5.32 Å². The highest BCUT2D eigenvalue weighted by molar-refractivity contribution is 5.97. The van der Waals surface area contributed by atoms with Crippen molar-refractivity contribution in [3.05, 3.63) is 35.9 Å². The van der Waals surface area contributed by atoms with Gasteiger partial charge in [-0.3, -0.25) is 9.59 Å². The molecule has 1 N–H and O–H groups in total. The number of nitrogens with zero attached hydrogens (tertiary/aromatic N) is 1. The lowest BCUT2D eigenvalue weighted by atomic mass is 9.99. The highest BCUT2D eigenvalue weighted by atomic mass is 16.5. The Hall–Kier alpha value is -1.88. The zero-order valence-corrected chi connectivity index (χ0v) is 11.8. The van der Waals surface area contributed by atoms with Gasteiger partial charge in [0.2, 0.25) is 11.8 Å². The van der Waals surface area contributed by atoms with Gasteiger partial charge in [-0.25, -0.2) is 0 Å². The van der Waals surface area contributed by atoms with Crippen LogP contribution in [-0.2, 0) is 14.3 Å². The van der Waals surface area contributed by atoms with Crippen LogP contribution in [0.2, 0.25) is 0 Å². The molecular weight excluding hydrogens is 256 g/mol. The minimum Gasteiger partial charge on any atom is -0.383 e. The Labute approximate surface area is 118 Å². The van der Waals surface area contributed by atoms with Crippen LogP contribution in [0.25, 0.3) is 0 Å². The number of hydrogen-bond donors (Lipinski definition) is 1. The number of nitrogens with one attached hydrogen (secondary N) is 1. The number of ether oxygens (including phenoxy) is 1. The maximum Gasteiger partial charge on any atom is 0.248 e. The summed E-state index contributed by atoms with van der Waals surface area (Å²) in [6, 6.07) is 8.36. The fraction of sp³-hybridized carbons (Fsp3) is 0.467. The predicted molar refractivity (Wildman–Crippen MR) is 75.0 cm³/mol. The van der Waals surface area contributed by atoms with Gasteiger partial charge in [0.1, 0.15) is 12.1 Å². The summed E-state index contributed by atoms with van der Waals surface area (Å²) in [6.07, 6.45) is 0.593. The molecule has 20 heavy (non-hydrogen) atoms. The molecule has 0 aliphatic carbocycles. The average Bonchev–Trinajstić information content (AvgIpc) is 2.48. The van der Waals surface area contributed by atoms with Crippen molar-refractivity contribution in [3.8, 4) is 0 Å². The van der Waals surface area contributed by atoms with Crippen molar-refractivity contribution in [2.24, 2.45) is 0 Å². The molecule has 0 saturated carbocycles. The summed E-state index contributed by atoms with van der Waals surface area (Å²) >= 11 is 0. The van der Waals surface area contributed by atoms with Gasteiger partial charge in [0, 0.05) is 13.7 Å². The van der Waals surface area contributed by atoms with Gasteiger partial charge < -0.3 is 15.0 Å². The molecule has 1 fully saturated rings. The van der Waals surface area contributed by atoms with Crippen LogP contribution in [0.3, 0.4) is 0 Å². The molecule has 1 aromatic rings. The normalized spacial score (nSPS) is 22.8. The van der Waals surface area contributed by atoms with Crippen LogP contribution in [0.4, 0.5) is 0 Å². The van der Waals surface area contributed by atoms with Gasteiger partial charge >= 0.3 is 0 Å². The molecule has 2 unspecified atom stereocenters. The molecule has 1 saturated heterocycles. The van der Waals surface area contributed by atoms with Crippen molar-refractivity contribution in [2.45, 2.75) is 25.4 Å². The number of rotatable bonds is 5. The van der Waals surface area contributed by atoms with Crippen LogP contribution in [-0.4, -0.2) is 43.0 Å². The van der Waals surface area contributed by atoms with Crippen molar-refractivity contribution < 1.29 is 14.3 Å². The molecule has 1 aromatic carbocycles. The first-order valence-corrected chi connectivity index (χ1v) is 6.83. The predicted octanol–water partition coefficient (Wildman–Crippen LogP) is 1.11. The third-order valence-electron chi connectivity index (χ3n) is 3.52. The summed E-state index contributed by atoms with van der Waals surface area (Å²) in [5.41, 5.74) is 0.823. The Balaban J connectivity index is 2.30. The van der Waals surface area contributed by atoms with Crippen molar-refractivity contribution in [1.82, 2.24) is 10.2 Å². The summed E-state index contributed by atoms with van der Waals surface area (Å²) in [7, 11) is 1.59. The van der Waals surface area contributed by atoms with Gasteiger partial charge in [0.15, 0.2) is 0 Å². The molecule has 1 heterocycles. The topological polar surface area (TPSA) is 58.6 Å². The smallest absolute Gasteiger partial charge is 0.248 e. The van der Waals surface area contributed by atoms with E-state index in [1.807, 2.05) is 37.3 Å². The van der Waals surface area contributed by atoms with Crippen LogP contribution >= 0.6 is 0 Å². The molecule has 108 valence electrons. The van der Waals surface area contributed by atoms with Crippen LogP contribution < -0.4 is 5.32 Å². The lowest BCUT2D eigenvalue weighted by molar-refractivity contribution is -0.150. The third kappa shape index (κ3) is 2.82. The van der Waals surface area contributed by atoms with E-state index in [0.29, 0.717) is 19.6 Å². The minimum absolute atomic E-state index is 0.0435. The second kappa shape index (κ2) is 6.52. The van der Waals surface area contributed by atoms with Crippen molar-refractivity contribution in [3.63, 3.8) is 0 Å². The highest BCUT2D eigenvalue weighted by Gasteiger charge is 2.40. The molecule has 0 aromatic heterocycles. The van der Waals surface area contributed by atoms with Gasteiger partial charge in [0.05, 0.1) is 6.61 Å². The molecule has 2 amide bonds. The molecule has 0 bridgehead atoms. The van der Waals surface area contributed by atoms with Crippen LogP contribution in [0, 0.1) is 0 Å². The SMILES string of the molecule is CCC1NC(=O)C(c2ccccc2)N(CCOC)C1=O. The van der Waals surface area contributed by atoms with Gasteiger partial charge in [-0.15, -0.1) is 0 Å². The minimum atomic E-state index is -0.568. The first kappa shape index (κ1) is 14.5. The third-order valence-corrected chi connectivity index (χ3v) is 3.52. The van der Waals surface area contributed by atoms with E-state index in [9.17, 15) is 9.59 Å². The van der Waals surface area contributed by atoms with Crippen LogP contribution in [0.5, 0.6) is 0 Å². The number of methoxy groups -OCH3 is 1. The van der Waals surface area contributed by atoms with E-state index in [4.69, 9.17) is 4.74 Å². The number of carbonyl (C=O) groups is 2. The zero-order valence-electron chi connectivity index (χ0n) is 11.8. The molecule has 2 atom stereocenters. The molecule has 2 rings (SSSR count). The highest BCUT2D eigenvalue weighted by Crippen LogP contribution is 2.25. The van der Waals surface area contributed by atoms with Crippen molar-refractivity contribution in [2.75, 3.05) is 20.3 Å². The summed E-state index contributed by atoms with van der Waals surface area (Å²) in [6.45, 7) is 2.72. The summed E-state index contributed by atoms with van der Waals surface area (Å²) < 4.78 is 5.06. The van der Waals surface area contributed by atoms with Gasteiger partial charge in [-0.05, 0) is 12.0 Å². The molecule has 1 aliphatic heterocycles. The van der Waals surface area contributed by atoms with Gasteiger partial charge in [0.25, 0.3) is 0 Å². The number of benzene rings is 1. The molecular formula is C15H20N2O3. The Morgan fingerprint density at radius 3 is 2.55 bits per heavy atom. The van der Waals surface area contributed by atoms with Crippen molar-refractivity contribution in [1.29, 1.82) is 0 Å². The maximum absolute atomic E-state index is 12.4. The second-order valence-electron chi connectivity index (χ2n) is 4.81. The monoisotopic (exact) mass is 276 g/mol. The van der Waals surface area contributed by atoms with E-state index in [0.717, 1.165) is 5.56 Å². The maximum atomic E-state index is 12.4. The fourth-order valence-corrected chi connectivity index (χ4v) is 2.45. The number of piperazine rings is 1.